The largest absolute Gasteiger partial charge is 0.459 e. The summed E-state index contributed by atoms with van der Waals surface area (Å²) in [7, 11) is 0. The van der Waals surface area contributed by atoms with Crippen LogP contribution in [-0.4, -0.2) is 41.3 Å². The zero-order valence-electron chi connectivity index (χ0n) is 14.7. The van der Waals surface area contributed by atoms with E-state index in [1.165, 1.54) is 19.3 Å². The molecule has 0 atom stereocenters. The summed E-state index contributed by atoms with van der Waals surface area (Å²) < 4.78 is 7.67. The summed E-state index contributed by atoms with van der Waals surface area (Å²) in [4.78, 5) is 4.37. The first-order valence-corrected chi connectivity index (χ1v) is 9.21. The van der Waals surface area contributed by atoms with Crippen LogP contribution in [0.1, 0.15) is 32.1 Å². The van der Waals surface area contributed by atoms with Crippen LogP contribution in [0.4, 0.5) is 0 Å². The molecule has 1 N–H and O–H groups in total. The summed E-state index contributed by atoms with van der Waals surface area (Å²) in [6, 6.07) is 6.21. The van der Waals surface area contributed by atoms with Crippen molar-refractivity contribution in [3.63, 3.8) is 0 Å². The van der Waals surface area contributed by atoms with E-state index in [9.17, 15) is 0 Å². The number of fused-ring (bicyclic) bond motifs is 1. The van der Waals surface area contributed by atoms with E-state index in [0.717, 1.165) is 35.0 Å². The Hall–Kier alpha value is -3.29. The van der Waals surface area contributed by atoms with Crippen LogP contribution in [-0.2, 0) is 0 Å². The molecule has 1 aromatic carbocycles. The second-order valence-electron chi connectivity index (χ2n) is 6.75. The lowest BCUT2D eigenvalue weighted by Crippen LogP contribution is -2.20. The molecule has 0 spiro atoms. The van der Waals surface area contributed by atoms with Gasteiger partial charge in [-0.1, -0.05) is 11.5 Å². The molecule has 136 valence electrons. The number of aromatic amines is 1. The number of benzene rings is 1. The van der Waals surface area contributed by atoms with Crippen molar-refractivity contribution in [3.05, 3.63) is 43.0 Å². The number of hydrogen-bond acceptors (Lipinski definition) is 6. The summed E-state index contributed by atoms with van der Waals surface area (Å²) in [6.07, 6.45) is 13.2. The van der Waals surface area contributed by atoms with Gasteiger partial charge in [-0.25, -0.2) is 9.67 Å². The van der Waals surface area contributed by atoms with Gasteiger partial charge in [0.1, 0.15) is 11.8 Å². The van der Waals surface area contributed by atoms with Crippen LogP contribution < -0.4 is 4.74 Å². The fourth-order valence-corrected chi connectivity index (χ4v) is 3.62. The normalized spacial score (nSPS) is 15.3. The van der Waals surface area contributed by atoms with Crippen molar-refractivity contribution in [2.45, 2.75) is 38.2 Å². The lowest BCUT2D eigenvalue weighted by Gasteiger charge is -2.21. The Morgan fingerprint density at radius 3 is 2.78 bits per heavy atom. The fraction of sp³-hybridized carbons (Fsp3) is 0.316. The molecular formula is C19H19N7O. The molecule has 8 heteroatoms. The average Bonchev–Trinajstić information content (AvgIpc) is 3.41. The maximum absolute atomic E-state index is 5.87. The second-order valence-corrected chi connectivity index (χ2v) is 6.75. The summed E-state index contributed by atoms with van der Waals surface area (Å²) in [5.74, 6) is 0. The van der Waals surface area contributed by atoms with E-state index in [1.807, 2.05) is 24.4 Å². The lowest BCUT2D eigenvalue weighted by atomic mass is 9.98. The van der Waals surface area contributed by atoms with Crippen molar-refractivity contribution in [2.24, 2.45) is 0 Å². The van der Waals surface area contributed by atoms with Gasteiger partial charge in [-0.15, -0.1) is 5.10 Å². The minimum atomic E-state index is 0.209. The molecule has 0 aliphatic heterocycles. The number of aromatic nitrogens is 7. The van der Waals surface area contributed by atoms with Gasteiger partial charge in [-0.2, -0.15) is 10.2 Å². The number of rotatable bonds is 4. The van der Waals surface area contributed by atoms with Crippen molar-refractivity contribution in [3.8, 4) is 23.0 Å². The number of nitrogens with zero attached hydrogens (tertiary/aromatic N) is 6. The van der Waals surface area contributed by atoms with Crippen molar-refractivity contribution >= 4 is 10.9 Å². The minimum absolute atomic E-state index is 0.209. The van der Waals surface area contributed by atoms with Gasteiger partial charge in [0, 0.05) is 23.3 Å². The first kappa shape index (κ1) is 15.9. The Morgan fingerprint density at radius 2 is 2.00 bits per heavy atom. The quantitative estimate of drug-likeness (QED) is 0.599. The highest BCUT2D eigenvalue weighted by atomic mass is 16.5. The van der Waals surface area contributed by atoms with E-state index in [2.05, 4.69) is 30.5 Å². The van der Waals surface area contributed by atoms with Crippen molar-refractivity contribution in [1.29, 1.82) is 0 Å². The van der Waals surface area contributed by atoms with Gasteiger partial charge in [-0.3, -0.25) is 5.10 Å². The standard InChI is InChI=1S/C19H19N7O/c1-2-5-13(6-3-1)27-19-20-12-16(23-25-19)14-7-8-17(26-10-4-9-22-26)18-15(14)11-21-24-18/h4,7-13H,1-3,5-6H2,(H,21,24). The van der Waals surface area contributed by atoms with Crippen LogP contribution in [0.25, 0.3) is 27.8 Å². The molecule has 0 unspecified atom stereocenters. The molecule has 27 heavy (non-hydrogen) atoms. The molecule has 1 aliphatic carbocycles. The molecule has 1 fully saturated rings. The molecule has 1 saturated carbocycles. The molecule has 0 radical (unpaired) electrons. The Kier molecular flexibility index (Phi) is 4.00. The highest BCUT2D eigenvalue weighted by molar-refractivity contribution is 5.97. The van der Waals surface area contributed by atoms with Crippen molar-refractivity contribution < 1.29 is 4.74 Å². The second kappa shape index (κ2) is 6.79. The van der Waals surface area contributed by atoms with Crippen LogP contribution in [0.15, 0.2) is 43.0 Å². The van der Waals surface area contributed by atoms with Crippen LogP contribution in [0, 0.1) is 0 Å². The van der Waals surface area contributed by atoms with E-state index in [-0.39, 0.29) is 6.10 Å². The molecule has 0 saturated heterocycles. The summed E-state index contributed by atoms with van der Waals surface area (Å²) in [6.45, 7) is 0. The van der Waals surface area contributed by atoms with Crippen LogP contribution in [0.3, 0.4) is 0 Å². The smallest absolute Gasteiger partial charge is 0.335 e. The SMILES string of the molecule is c1cnn(-c2ccc(-c3cnc(OC4CCCCC4)nn3)c3cn[nH]c23)c1. The number of H-pyrrole nitrogens is 1. The predicted octanol–water partition coefficient (Wildman–Crippen LogP) is 3.31. The molecule has 0 amide bonds. The van der Waals surface area contributed by atoms with Gasteiger partial charge in [0.25, 0.3) is 0 Å². The van der Waals surface area contributed by atoms with Gasteiger partial charge in [0.05, 0.1) is 23.6 Å². The van der Waals surface area contributed by atoms with Crippen molar-refractivity contribution in [1.82, 2.24) is 35.2 Å². The van der Waals surface area contributed by atoms with E-state index in [4.69, 9.17) is 4.74 Å². The number of hydrogen-bond donors (Lipinski definition) is 1. The predicted molar refractivity (Wildman–Crippen MR) is 99.5 cm³/mol. The number of nitrogens with one attached hydrogen (secondary N) is 1. The molecule has 4 aromatic rings. The zero-order valence-corrected chi connectivity index (χ0v) is 14.7. The van der Waals surface area contributed by atoms with Gasteiger partial charge < -0.3 is 4.74 Å². The minimum Gasteiger partial charge on any atom is -0.459 e. The molecule has 3 heterocycles. The summed E-state index contributed by atoms with van der Waals surface area (Å²) in [5, 5.41) is 21.0. The average molecular weight is 361 g/mol. The van der Waals surface area contributed by atoms with Crippen molar-refractivity contribution in [2.75, 3.05) is 0 Å². The van der Waals surface area contributed by atoms with Crippen LogP contribution in [0.5, 0.6) is 6.01 Å². The molecular weight excluding hydrogens is 342 g/mol. The van der Waals surface area contributed by atoms with E-state index in [0.29, 0.717) is 11.7 Å². The Morgan fingerprint density at radius 1 is 1.07 bits per heavy atom. The monoisotopic (exact) mass is 361 g/mol. The first-order chi connectivity index (χ1) is 13.4. The molecule has 5 rings (SSSR count). The molecule has 8 nitrogen and oxygen atoms in total. The van der Waals surface area contributed by atoms with E-state index < -0.39 is 0 Å². The van der Waals surface area contributed by atoms with Crippen LogP contribution in [0.2, 0.25) is 0 Å². The van der Waals surface area contributed by atoms with Gasteiger partial charge >= 0.3 is 6.01 Å². The van der Waals surface area contributed by atoms with Gasteiger partial charge in [-0.05, 0) is 43.9 Å². The Labute approximate surface area is 155 Å². The maximum atomic E-state index is 5.87. The van der Waals surface area contributed by atoms with E-state index in [1.54, 1.807) is 23.3 Å². The maximum Gasteiger partial charge on any atom is 0.335 e. The highest BCUT2D eigenvalue weighted by Crippen LogP contribution is 2.30. The summed E-state index contributed by atoms with van der Waals surface area (Å²) in [5.41, 5.74) is 3.42. The van der Waals surface area contributed by atoms with E-state index >= 15 is 0 Å². The third-order valence-electron chi connectivity index (χ3n) is 4.99. The molecule has 3 aromatic heterocycles. The Bertz CT molecular complexity index is 1030. The third-order valence-corrected chi connectivity index (χ3v) is 4.99. The van der Waals surface area contributed by atoms with Gasteiger partial charge in [0.15, 0.2) is 0 Å². The topological polar surface area (TPSA) is 94.4 Å². The molecule has 0 bridgehead atoms. The third kappa shape index (κ3) is 3.03. The number of ether oxygens (including phenoxy) is 1. The first-order valence-electron chi connectivity index (χ1n) is 9.21. The highest BCUT2D eigenvalue weighted by Gasteiger charge is 2.17. The molecule has 1 aliphatic rings. The fourth-order valence-electron chi connectivity index (χ4n) is 3.62. The zero-order chi connectivity index (χ0) is 18.1. The lowest BCUT2D eigenvalue weighted by molar-refractivity contribution is 0.140. The summed E-state index contributed by atoms with van der Waals surface area (Å²) >= 11 is 0. The van der Waals surface area contributed by atoms with Gasteiger partial charge in [0.2, 0.25) is 0 Å². The van der Waals surface area contributed by atoms with Crippen LogP contribution >= 0.6 is 0 Å². The Balaban J connectivity index is 1.45.